The minimum atomic E-state index is -1.07. The van der Waals surface area contributed by atoms with Crippen molar-refractivity contribution >= 4 is 41.3 Å². The molecular weight excluding hydrogens is 432 g/mol. The zero-order valence-corrected chi connectivity index (χ0v) is 18.0. The van der Waals surface area contributed by atoms with Gasteiger partial charge < -0.3 is 15.7 Å². The Morgan fingerprint density at radius 1 is 1.03 bits per heavy atom. The van der Waals surface area contributed by atoms with Gasteiger partial charge >= 0.3 is 6.09 Å². The number of benzene rings is 1. The molecule has 1 saturated heterocycles. The number of unbranched alkanes of at least 4 members (excludes halogenated alkanes) is 4. The van der Waals surface area contributed by atoms with E-state index in [4.69, 9.17) is 5.11 Å². The van der Waals surface area contributed by atoms with Gasteiger partial charge in [-0.05, 0) is 31.4 Å². The van der Waals surface area contributed by atoms with Crippen molar-refractivity contribution in [3.05, 3.63) is 29.3 Å². The van der Waals surface area contributed by atoms with E-state index in [0.29, 0.717) is 13.0 Å². The van der Waals surface area contributed by atoms with Crippen LogP contribution in [0.4, 0.5) is 10.5 Å². The molecule has 0 bridgehead atoms. The molecule has 3 rings (SSSR count). The lowest BCUT2D eigenvalue weighted by molar-refractivity contribution is -0.136. The highest BCUT2D eigenvalue weighted by molar-refractivity contribution is 6.26. The molecule has 1 unspecified atom stereocenters. The first-order chi connectivity index (χ1) is 15.8. The zero-order chi connectivity index (χ0) is 24.0. The van der Waals surface area contributed by atoms with Crippen LogP contribution in [0.1, 0.15) is 72.1 Å². The predicted molar refractivity (Wildman–Crippen MR) is 115 cm³/mol. The van der Waals surface area contributed by atoms with E-state index in [2.05, 4.69) is 16.0 Å². The molecule has 0 saturated carbocycles. The van der Waals surface area contributed by atoms with Crippen LogP contribution >= 0.6 is 0 Å². The minimum Gasteiger partial charge on any atom is -0.465 e. The minimum absolute atomic E-state index is 0.0312. The molecule has 1 aromatic rings. The van der Waals surface area contributed by atoms with Crippen molar-refractivity contribution in [3.63, 3.8) is 0 Å². The van der Waals surface area contributed by atoms with Crippen LogP contribution in [0.15, 0.2) is 18.2 Å². The van der Waals surface area contributed by atoms with E-state index in [0.717, 1.165) is 30.6 Å². The van der Waals surface area contributed by atoms with E-state index in [-0.39, 0.29) is 42.0 Å². The van der Waals surface area contributed by atoms with Gasteiger partial charge in [0, 0.05) is 19.4 Å². The van der Waals surface area contributed by atoms with Crippen molar-refractivity contribution < 1.29 is 33.9 Å². The van der Waals surface area contributed by atoms with Gasteiger partial charge in [0.1, 0.15) is 6.04 Å². The van der Waals surface area contributed by atoms with Gasteiger partial charge in [-0.15, -0.1) is 0 Å². The molecular formula is C22H26N4O7. The molecule has 6 amide bonds. The fourth-order valence-electron chi connectivity index (χ4n) is 3.97. The van der Waals surface area contributed by atoms with E-state index < -0.39 is 35.8 Å². The number of fused-ring (bicyclic) bond motifs is 1. The summed E-state index contributed by atoms with van der Waals surface area (Å²) in [5, 5.41) is 15.6. The van der Waals surface area contributed by atoms with Crippen molar-refractivity contribution in [1.29, 1.82) is 0 Å². The number of carbonyl (C=O) groups excluding carboxylic acids is 5. The van der Waals surface area contributed by atoms with Gasteiger partial charge in [-0.2, -0.15) is 0 Å². The third-order valence-corrected chi connectivity index (χ3v) is 5.60. The van der Waals surface area contributed by atoms with E-state index in [1.54, 1.807) is 6.07 Å². The molecule has 0 radical (unpaired) electrons. The number of hydrogen-bond acceptors (Lipinski definition) is 6. The number of piperidine rings is 1. The van der Waals surface area contributed by atoms with Crippen LogP contribution in [0.3, 0.4) is 0 Å². The van der Waals surface area contributed by atoms with Crippen molar-refractivity contribution in [1.82, 2.24) is 15.5 Å². The average Bonchev–Trinajstić information content (AvgIpc) is 3.01. The maximum Gasteiger partial charge on any atom is 0.404 e. The molecule has 2 aliphatic heterocycles. The molecule has 1 fully saturated rings. The smallest absolute Gasteiger partial charge is 0.404 e. The highest BCUT2D eigenvalue weighted by Gasteiger charge is 2.45. The summed E-state index contributed by atoms with van der Waals surface area (Å²) in [6.07, 6.45) is 3.15. The van der Waals surface area contributed by atoms with Crippen LogP contribution in [0, 0.1) is 0 Å². The molecule has 4 N–H and O–H groups in total. The Morgan fingerprint density at radius 3 is 2.48 bits per heavy atom. The highest BCUT2D eigenvalue weighted by Crippen LogP contribution is 2.32. The normalized spacial score (nSPS) is 17.6. The Labute approximate surface area is 189 Å². The Morgan fingerprint density at radius 2 is 1.76 bits per heavy atom. The Hall–Kier alpha value is -3.76. The van der Waals surface area contributed by atoms with E-state index in [1.807, 2.05) is 0 Å². The number of anilines is 1. The number of imide groups is 2. The van der Waals surface area contributed by atoms with Crippen LogP contribution in [-0.4, -0.2) is 58.2 Å². The van der Waals surface area contributed by atoms with Gasteiger partial charge in [0.15, 0.2) is 0 Å². The number of nitrogens with one attached hydrogen (secondary N) is 3. The summed E-state index contributed by atoms with van der Waals surface area (Å²) in [6, 6.07) is 3.49. The number of amides is 6. The number of carbonyl (C=O) groups is 6. The molecule has 11 nitrogen and oxygen atoms in total. The summed E-state index contributed by atoms with van der Waals surface area (Å²) in [6.45, 7) is 0.400. The average molecular weight is 458 g/mol. The second-order valence-electron chi connectivity index (χ2n) is 7.97. The van der Waals surface area contributed by atoms with Gasteiger partial charge in [0.25, 0.3) is 11.8 Å². The largest absolute Gasteiger partial charge is 0.465 e. The van der Waals surface area contributed by atoms with Crippen molar-refractivity contribution in [2.24, 2.45) is 0 Å². The highest BCUT2D eigenvalue weighted by atomic mass is 16.4. The molecule has 11 heteroatoms. The first-order valence-corrected chi connectivity index (χ1v) is 10.9. The van der Waals surface area contributed by atoms with Gasteiger partial charge in [0.2, 0.25) is 17.7 Å². The van der Waals surface area contributed by atoms with Gasteiger partial charge in [-0.1, -0.05) is 25.3 Å². The lowest BCUT2D eigenvalue weighted by atomic mass is 10.0. The van der Waals surface area contributed by atoms with E-state index in [9.17, 15) is 28.8 Å². The second kappa shape index (κ2) is 10.7. The Bertz CT molecular complexity index is 991. The summed E-state index contributed by atoms with van der Waals surface area (Å²) in [5.74, 6) is -2.73. The molecule has 33 heavy (non-hydrogen) atoms. The summed E-state index contributed by atoms with van der Waals surface area (Å²) in [7, 11) is 0. The second-order valence-corrected chi connectivity index (χ2v) is 7.97. The van der Waals surface area contributed by atoms with Crippen LogP contribution in [0.5, 0.6) is 0 Å². The quantitative estimate of drug-likeness (QED) is 0.306. The molecule has 1 aromatic carbocycles. The summed E-state index contributed by atoms with van der Waals surface area (Å²) in [4.78, 5) is 73.0. The number of hydrogen-bond donors (Lipinski definition) is 4. The third kappa shape index (κ3) is 5.73. The summed E-state index contributed by atoms with van der Waals surface area (Å²) < 4.78 is 0. The molecule has 2 aliphatic rings. The first kappa shape index (κ1) is 23.9. The van der Waals surface area contributed by atoms with Crippen LogP contribution < -0.4 is 16.0 Å². The molecule has 0 aliphatic carbocycles. The van der Waals surface area contributed by atoms with Crippen molar-refractivity contribution in [3.8, 4) is 0 Å². The predicted octanol–water partition coefficient (Wildman–Crippen LogP) is 1.63. The molecule has 0 spiro atoms. The van der Waals surface area contributed by atoms with Crippen molar-refractivity contribution in [2.45, 2.75) is 57.4 Å². The number of carboxylic acid groups (broad SMARTS) is 1. The number of rotatable bonds is 10. The van der Waals surface area contributed by atoms with Crippen LogP contribution in [-0.2, 0) is 14.4 Å². The maximum atomic E-state index is 13.0. The lowest BCUT2D eigenvalue weighted by Crippen LogP contribution is -2.54. The van der Waals surface area contributed by atoms with Gasteiger partial charge in [-0.3, -0.25) is 34.2 Å². The molecule has 2 heterocycles. The summed E-state index contributed by atoms with van der Waals surface area (Å²) in [5.41, 5.74) is 0.370. The first-order valence-electron chi connectivity index (χ1n) is 10.9. The molecule has 176 valence electrons. The van der Waals surface area contributed by atoms with Crippen LogP contribution in [0.2, 0.25) is 0 Å². The fourth-order valence-corrected chi connectivity index (χ4v) is 3.97. The van der Waals surface area contributed by atoms with Gasteiger partial charge in [-0.25, -0.2) is 4.79 Å². The Balaban J connectivity index is 1.54. The molecule has 1 atom stereocenters. The summed E-state index contributed by atoms with van der Waals surface area (Å²) >= 11 is 0. The molecule has 0 aromatic heterocycles. The van der Waals surface area contributed by atoms with E-state index in [1.165, 1.54) is 12.1 Å². The maximum absolute atomic E-state index is 13.0. The zero-order valence-electron chi connectivity index (χ0n) is 18.0. The fraction of sp³-hybridized carbons (Fsp3) is 0.455. The monoisotopic (exact) mass is 458 g/mol. The SMILES string of the molecule is O=C(O)NCCCCCCCC(=O)Nc1cccc2c1C(=O)N(C1CCC(=O)NC1=O)C2=O. The standard InChI is InChI=1S/C22H26N4O7/c27-16(9-4-2-1-3-5-12-23-22(32)33)24-14-8-6-7-13-18(14)21(31)26(20(13)30)15-10-11-17(28)25-19(15)29/h6-8,15,23H,1-5,9-12H2,(H,24,27)(H,32,33)(H,25,28,29). The Kier molecular flexibility index (Phi) is 7.75. The topological polar surface area (TPSA) is 162 Å². The van der Waals surface area contributed by atoms with Gasteiger partial charge in [0.05, 0.1) is 16.8 Å². The van der Waals surface area contributed by atoms with E-state index >= 15 is 0 Å². The van der Waals surface area contributed by atoms with Crippen LogP contribution in [0.25, 0.3) is 0 Å². The third-order valence-electron chi connectivity index (χ3n) is 5.60. The lowest BCUT2D eigenvalue weighted by Gasteiger charge is -2.27. The number of nitrogens with zero attached hydrogens (tertiary/aromatic N) is 1. The van der Waals surface area contributed by atoms with Crippen molar-refractivity contribution in [2.75, 3.05) is 11.9 Å².